The van der Waals surface area contributed by atoms with Crippen LogP contribution in [0, 0.1) is 10.1 Å². The molecule has 2 aromatic rings. The summed E-state index contributed by atoms with van der Waals surface area (Å²) in [5.41, 5.74) is 2.85. The summed E-state index contributed by atoms with van der Waals surface area (Å²) >= 11 is 5.83. The fourth-order valence-electron chi connectivity index (χ4n) is 2.29. The Balaban J connectivity index is 1.92. The Morgan fingerprint density at radius 3 is 2.36 bits per heavy atom. The number of nitrogens with zero attached hydrogens (tertiary/aromatic N) is 1. The number of benzene rings is 2. The van der Waals surface area contributed by atoms with Crippen molar-refractivity contribution < 1.29 is 9.66 Å². The summed E-state index contributed by atoms with van der Waals surface area (Å²) in [5, 5.41) is 14.4. The van der Waals surface area contributed by atoms with Crippen molar-refractivity contribution in [3.8, 4) is 0 Å². The third kappa shape index (κ3) is 6.46. The number of nitro groups is 1. The van der Waals surface area contributed by atoms with E-state index in [1.54, 1.807) is 12.1 Å². The van der Waals surface area contributed by atoms with Crippen LogP contribution in [0.3, 0.4) is 0 Å². The molecule has 0 amide bonds. The van der Waals surface area contributed by atoms with E-state index in [4.69, 9.17) is 16.3 Å². The minimum Gasteiger partial charge on any atom is -0.371 e. The van der Waals surface area contributed by atoms with E-state index in [1.165, 1.54) is 6.07 Å². The van der Waals surface area contributed by atoms with Crippen molar-refractivity contribution in [3.63, 3.8) is 0 Å². The number of nitrogens with one attached hydrogen (secondary N) is 1. The fraction of sp³-hybridized carbons (Fsp3) is 0.368. The van der Waals surface area contributed by atoms with Crippen LogP contribution in [-0.2, 0) is 24.4 Å². The fourth-order valence-corrected chi connectivity index (χ4v) is 2.48. The van der Waals surface area contributed by atoms with Crippen LogP contribution >= 0.6 is 11.6 Å². The lowest BCUT2D eigenvalue weighted by molar-refractivity contribution is -0.384. The van der Waals surface area contributed by atoms with Crippen molar-refractivity contribution >= 4 is 17.3 Å². The van der Waals surface area contributed by atoms with Gasteiger partial charge in [0.1, 0.15) is 5.02 Å². The molecule has 6 heteroatoms. The van der Waals surface area contributed by atoms with E-state index in [9.17, 15) is 10.1 Å². The maximum Gasteiger partial charge on any atom is 0.288 e. The van der Waals surface area contributed by atoms with Gasteiger partial charge in [-0.2, -0.15) is 0 Å². The molecule has 0 saturated carbocycles. The molecule has 0 saturated heterocycles. The summed E-state index contributed by atoms with van der Waals surface area (Å²) in [6, 6.07) is 13.0. The molecule has 0 spiro atoms. The van der Waals surface area contributed by atoms with Crippen molar-refractivity contribution in [2.24, 2.45) is 0 Å². The van der Waals surface area contributed by atoms with Crippen LogP contribution < -0.4 is 5.32 Å². The molecule has 2 rings (SSSR count). The lowest BCUT2D eigenvalue weighted by atomic mass is 10.1. The lowest BCUT2D eigenvalue weighted by Crippen LogP contribution is -2.18. The standard InChI is InChI=1S/C19H23ClN2O3/c1-19(2,3)25-13-16-6-4-5-14(9-16)11-21-12-15-7-8-17(20)18(10-15)22(23)24/h4-10,21H,11-13H2,1-3H3. The maximum absolute atomic E-state index is 10.9. The second-order valence-electron chi connectivity index (χ2n) is 6.87. The molecule has 0 aliphatic rings. The van der Waals surface area contributed by atoms with Crippen LogP contribution in [0.1, 0.15) is 37.5 Å². The molecule has 2 aromatic carbocycles. The number of hydrogen-bond donors (Lipinski definition) is 1. The van der Waals surface area contributed by atoms with Gasteiger partial charge in [0.15, 0.2) is 0 Å². The number of halogens is 1. The monoisotopic (exact) mass is 362 g/mol. The first-order valence-electron chi connectivity index (χ1n) is 8.10. The van der Waals surface area contributed by atoms with Gasteiger partial charge in [0.2, 0.25) is 0 Å². The Hall–Kier alpha value is -1.95. The summed E-state index contributed by atoms with van der Waals surface area (Å²) in [6.45, 7) is 7.86. The first-order chi connectivity index (χ1) is 11.7. The minimum atomic E-state index is -0.468. The van der Waals surface area contributed by atoms with Crippen molar-refractivity contribution in [1.29, 1.82) is 0 Å². The van der Waals surface area contributed by atoms with E-state index >= 15 is 0 Å². The third-order valence-corrected chi connectivity index (χ3v) is 3.85. The highest BCUT2D eigenvalue weighted by molar-refractivity contribution is 6.32. The number of hydrogen-bond acceptors (Lipinski definition) is 4. The normalized spacial score (nSPS) is 11.5. The van der Waals surface area contributed by atoms with Gasteiger partial charge in [0, 0.05) is 19.2 Å². The van der Waals surface area contributed by atoms with Crippen LogP contribution in [0.15, 0.2) is 42.5 Å². The van der Waals surface area contributed by atoms with Crippen LogP contribution in [0.25, 0.3) is 0 Å². The highest BCUT2D eigenvalue weighted by atomic mass is 35.5. The predicted molar refractivity (Wildman–Crippen MR) is 99.6 cm³/mol. The predicted octanol–water partition coefficient (Wildman–Crippen LogP) is 4.85. The van der Waals surface area contributed by atoms with E-state index in [2.05, 4.69) is 11.4 Å². The molecule has 0 radical (unpaired) electrons. The van der Waals surface area contributed by atoms with Crippen molar-refractivity contribution in [2.45, 2.75) is 46.1 Å². The Morgan fingerprint density at radius 2 is 1.72 bits per heavy atom. The SMILES string of the molecule is CC(C)(C)OCc1cccc(CNCc2ccc(Cl)c([N+](=O)[O-])c2)c1. The van der Waals surface area contributed by atoms with E-state index in [0.29, 0.717) is 19.7 Å². The van der Waals surface area contributed by atoms with Crippen molar-refractivity contribution in [1.82, 2.24) is 5.32 Å². The Morgan fingerprint density at radius 1 is 1.08 bits per heavy atom. The second kappa shape index (κ2) is 8.43. The van der Waals surface area contributed by atoms with Crippen molar-refractivity contribution in [3.05, 3.63) is 74.3 Å². The van der Waals surface area contributed by atoms with Crippen LogP contribution in [0.4, 0.5) is 5.69 Å². The Kier molecular flexibility index (Phi) is 6.53. The zero-order chi connectivity index (χ0) is 18.4. The molecule has 0 aromatic heterocycles. The third-order valence-electron chi connectivity index (χ3n) is 3.53. The maximum atomic E-state index is 10.9. The van der Waals surface area contributed by atoms with Gasteiger partial charge < -0.3 is 10.1 Å². The van der Waals surface area contributed by atoms with Gasteiger partial charge in [-0.05, 0) is 43.5 Å². The van der Waals surface area contributed by atoms with E-state index in [-0.39, 0.29) is 16.3 Å². The topological polar surface area (TPSA) is 64.4 Å². The molecule has 0 aliphatic heterocycles. The zero-order valence-electron chi connectivity index (χ0n) is 14.7. The first-order valence-corrected chi connectivity index (χ1v) is 8.48. The summed E-state index contributed by atoms with van der Waals surface area (Å²) in [4.78, 5) is 10.5. The molecule has 0 fully saturated rings. The lowest BCUT2D eigenvalue weighted by Gasteiger charge is -2.19. The average Bonchev–Trinajstić information content (AvgIpc) is 2.54. The Labute approximate surface area is 153 Å². The van der Waals surface area contributed by atoms with E-state index in [1.807, 2.05) is 39.0 Å². The van der Waals surface area contributed by atoms with Gasteiger partial charge in [-0.1, -0.05) is 41.9 Å². The molecule has 5 nitrogen and oxygen atoms in total. The quantitative estimate of drug-likeness (QED) is 0.564. The van der Waals surface area contributed by atoms with Gasteiger partial charge in [-0.15, -0.1) is 0 Å². The van der Waals surface area contributed by atoms with Gasteiger partial charge in [-0.25, -0.2) is 0 Å². The molecule has 0 unspecified atom stereocenters. The Bertz CT molecular complexity index is 742. The van der Waals surface area contributed by atoms with Crippen molar-refractivity contribution in [2.75, 3.05) is 0 Å². The van der Waals surface area contributed by atoms with Crippen LogP contribution in [0.2, 0.25) is 5.02 Å². The van der Waals surface area contributed by atoms with E-state index in [0.717, 1.165) is 16.7 Å². The zero-order valence-corrected chi connectivity index (χ0v) is 15.5. The highest BCUT2D eigenvalue weighted by Crippen LogP contribution is 2.25. The molecular formula is C19H23ClN2O3. The smallest absolute Gasteiger partial charge is 0.288 e. The average molecular weight is 363 g/mol. The molecule has 1 N–H and O–H groups in total. The largest absolute Gasteiger partial charge is 0.371 e. The molecule has 0 bridgehead atoms. The second-order valence-corrected chi connectivity index (χ2v) is 7.27. The minimum absolute atomic E-state index is 0.0673. The van der Waals surface area contributed by atoms with Gasteiger partial charge in [-0.3, -0.25) is 10.1 Å². The molecule has 25 heavy (non-hydrogen) atoms. The van der Waals surface area contributed by atoms with Gasteiger partial charge in [0.25, 0.3) is 5.69 Å². The molecule has 134 valence electrons. The molecular weight excluding hydrogens is 340 g/mol. The highest BCUT2D eigenvalue weighted by Gasteiger charge is 2.12. The summed E-state index contributed by atoms with van der Waals surface area (Å²) in [5.74, 6) is 0. The number of ether oxygens (including phenoxy) is 1. The number of rotatable bonds is 7. The summed E-state index contributed by atoms with van der Waals surface area (Å²) in [7, 11) is 0. The number of nitro benzene ring substituents is 1. The summed E-state index contributed by atoms with van der Waals surface area (Å²) < 4.78 is 5.79. The van der Waals surface area contributed by atoms with Gasteiger partial charge in [0.05, 0.1) is 17.1 Å². The van der Waals surface area contributed by atoms with Gasteiger partial charge >= 0.3 is 0 Å². The summed E-state index contributed by atoms with van der Waals surface area (Å²) in [6.07, 6.45) is 0. The molecule has 0 atom stereocenters. The van der Waals surface area contributed by atoms with E-state index < -0.39 is 4.92 Å². The first kappa shape index (κ1) is 19.4. The molecule has 0 aliphatic carbocycles. The molecule has 0 heterocycles. The van der Waals surface area contributed by atoms with Crippen LogP contribution in [-0.4, -0.2) is 10.5 Å². The van der Waals surface area contributed by atoms with Crippen LogP contribution in [0.5, 0.6) is 0 Å².